The van der Waals surface area contributed by atoms with Crippen molar-refractivity contribution in [1.82, 2.24) is 9.96 Å². The summed E-state index contributed by atoms with van der Waals surface area (Å²) in [5.41, 5.74) is 0. The number of hydrogen-bond acceptors (Lipinski definition) is 3. The molecule has 0 aromatic rings. The Hall–Kier alpha value is -0.120. The SMILES string of the molecule is CN(C)C.CON(C)C. The van der Waals surface area contributed by atoms with Crippen LogP contribution in [0.5, 0.6) is 0 Å². The van der Waals surface area contributed by atoms with E-state index in [-0.39, 0.29) is 0 Å². The Balaban J connectivity index is 0. The molecule has 0 saturated carbocycles. The van der Waals surface area contributed by atoms with E-state index in [2.05, 4.69) is 4.84 Å². The highest BCUT2D eigenvalue weighted by Gasteiger charge is 1.70. The smallest absolute Gasteiger partial charge is 0.0574 e. The van der Waals surface area contributed by atoms with Crippen molar-refractivity contribution in [2.45, 2.75) is 0 Å². The highest BCUT2D eigenvalue weighted by Crippen LogP contribution is 1.64. The fourth-order valence-corrected chi connectivity index (χ4v) is 0. The van der Waals surface area contributed by atoms with Gasteiger partial charge >= 0.3 is 0 Å². The van der Waals surface area contributed by atoms with E-state index in [4.69, 9.17) is 0 Å². The largest absolute Gasteiger partial charge is 0.312 e. The molecule has 0 saturated heterocycles. The van der Waals surface area contributed by atoms with E-state index in [9.17, 15) is 0 Å². The first-order valence-electron chi connectivity index (χ1n) is 2.83. The highest BCUT2D eigenvalue weighted by atomic mass is 16.7. The van der Waals surface area contributed by atoms with E-state index in [1.807, 2.05) is 40.1 Å². The third-order valence-corrected chi connectivity index (χ3v) is 0.365. The molecule has 0 heterocycles. The summed E-state index contributed by atoms with van der Waals surface area (Å²) >= 11 is 0. The second-order valence-electron chi connectivity index (χ2n) is 2.34. The van der Waals surface area contributed by atoms with Crippen LogP contribution in [-0.4, -0.2) is 52.3 Å². The van der Waals surface area contributed by atoms with E-state index >= 15 is 0 Å². The normalized spacial score (nSPS) is 9.33. The molecule has 0 bridgehead atoms. The molecule has 0 N–H and O–H groups in total. The van der Waals surface area contributed by atoms with Crippen molar-refractivity contribution in [3.05, 3.63) is 0 Å². The van der Waals surface area contributed by atoms with Gasteiger partial charge < -0.3 is 9.74 Å². The summed E-state index contributed by atoms with van der Waals surface area (Å²) in [5, 5.41) is 1.62. The maximum atomic E-state index is 4.58. The average Bonchev–Trinajstić information content (AvgIpc) is 1.65. The second kappa shape index (κ2) is 7.88. The summed E-state index contributed by atoms with van der Waals surface area (Å²) in [5.74, 6) is 0. The standard InChI is InChI=1S/C3H9NO.C3H9N/c1-4(2)5-3;1-4(2)3/h1-3H3;1-3H3. The van der Waals surface area contributed by atoms with Gasteiger partial charge in [0.25, 0.3) is 0 Å². The van der Waals surface area contributed by atoms with Crippen molar-refractivity contribution in [1.29, 1.82) is 0 Å². The minimum absolute atomic E-state index is 1.62. The van der Waals surface area contributed by atoms with E-state index in [1.54, 1.807) is 12.2 Å². The monoisotopic (exact) mass is 134 g/mol. The molecule has 0 amide bonds. The number of hydrogen-bond donors (Lipinski definition) is 0. The van der Waals surface area contributed by atoms with Crippen LogP contribution in [0.25, 0.3) is 0 Å². The van der Waals surface area contributed by atoms with Gasteiger partial charge in [0.2, 0.25) is 0 Å². The third kappa shape index (κ3) is 77.1. The lowest BCUT2D eigenvalue weighted by molar-refractivity contribution is -0.0855. The Labute approximate surface area is 58.2 Å². The second-order valence-corrected chi connectivity index (χ2v) is 2.34. The maximum Gasteiger partial charge on any atom is 0.0574 e. The Kier molecular flexibility index (Phi) is 10.2. The molecule has 0 rings (SSSR count). The molecule has 0 fully saturated rings. The lowest BCUT2D eigenvalue weighted by Gasteiger charge is -2.01. The van der Waals surface area contributed by atoms with Crippen LogP contribution in [0.2, 0.25) is 0 Å². The highest BCUT2D eigenvalue weighted by molar-refractivity contribution is 4.09. The van der Waals surface area contributed by atoms with Gasteiger partial charge in [-0.05, 0) is 21.1 Å². The molecular formula is C6H18N2O. The summed E-state index contributed by atoms with van der Waals surface area (Å²) in [4.78, 5) is 6.58. The Bertz CT molecular complexity index is 43.6. The predicted molar refractivity (Wildman–Crippen MR) is 40.3 cm³/mol. The quantitative estimate of drug-likeness (QED) is 0.479. The first kappa shape index (κ1) is 11.6. The van der Waals surface area contributed by atoms with Gasteiger partial charge in [-0.25, -0.2) is 0 Å². The van der Waals surface area contributed by atoms with Crippen molar-refractivity contribution >= 4 is 0 Å². The molecule has 58 valence electrons. The van der Waals surface area contributed by atoms with Gasteiger partial charge in [0.1, 0.15) is 0 Å². The molecule has 0 aliphatic heterocycles. The molecular weight excluding hydrogens is 116 g/mol. The zero-order valence-electron chi connectivity index (χ0n) is 7.30. The van der Waals surface area contributed by atoms with Crippen molar-refractivity contribution in [3.8, 4) is 0 Å². The van der Waals surface area contributed by atoms with Gasteiger partial charge in [0.05, 0.1) is 7.11 Å². The van der Waals surface area contributed by atoms with Crippen molar-refractivity contribution < 1.29 is 4.84 Å². The molecule has 0 aromatic carbocycles. The van der Waals surface area contributed by atoms with Gasteiger partial charge in [-0.3, -0.25) is 0 Å². The Morgan fingerprint density at radius 2 is 1.00 bits per heavy atom. The molecule has 0 aliphatic carbocycles. The van der Waals surface area contributed by atoms with Crippen LogP contribution in [0.1, 0.15) is 0 Å². The predicted octanol–water partition coefficient (Wildman–Crippen LogP) is 0.287. The van der Waals surface area contributed by atoms with Gasteiger partial charge in [-0.1, -0.05) is 0 Å². The molecule has 0 aromatic heterocycles. The van der Waals surface area contributed by atoms with Gasteiger partial charge in [0, 0.05) is 14.1 Å². The van der Waals surface area contributed by atoms with E-state index < -0.39 is 0 Å². The van der Waals surface area contributed by atoms with E-state index in [0.717, 1.165) is 0 Å². The lowest BCUT2D eigenvalue weighted by Crippen LogP contribution is -2.07. The fraction of sp³-hybridized carbons (Fsp3) is 1.00. The topological polar surface area (TPSA) is 15.7 Å². The summed E-state index contributed by atoms with van der Waals surface area (Å²) < 4.78 is 0. The molecule has 0 unspecified atom stereocenters. The third-order valence-electron chi connectivity index (χ3n) is 0.365. The summed E-state index contributed by atoms with van der Waals surface area (Å²) in [6.07, 6.45) is 0. The van der Waals surface area contributed by atoms with Crippen molar-refractivity contribution in [3.63, 3.8) is 0 Å². The molecule has 9 heavy (non-hydrogen) atoms. The molecule has 0 spiro atoms. The minimum Gasteiger partial charge on any atom is -0.312 e. The van der Waals surface area contributed by atoms with Crippen molar-refractivity contribution in [2.75, 3.05) is 42.3 Å². The van der Waals surface area contributed by atoms with E-state index in [0.29, 0.717) is 0 Å². The first-order valence-corrected chi connectivity index (χ1v) is 2.83. The zero-order valence-corrected chi connectivity index (χ0v) is 7.30. The summed E-state index contributed by atoms with van der Waals surface area (Å²) in [7, 11) is 11.3. The number of nitrogens with zero attached hydrogens (tertiary/aromatic N) is 2. The fourth-order valence-electron chi connectivity index (χ4n) is 0. The maximum absolute atomic E-state index is 4.58. The average molecular weight is 134 g/mol. The van der Waals surface area contributed by atoms with E-state index in [1.165, 1.54) is 0 Å². The molecule has 3 heteroatoms. The van der Waals surface area contributed by atoms with Gasteiger partial charge in [-0.2, -0.15) is 5.06 Å². The first-order chi connectivity index (χ1) is 4.00. The Morgan fingerprint density at radius 1 is 0.889 bits per heavy atom. The molecule has 0 radical (unpaired) electrons. The molecule has 0 aliphatic rings. The van der Waals surface area contributed by atoms with Gasteiger partial charge in [0.15, 0.2) is 0 Å². The lowest BCUT2D eigenvalue weighted by atomic mass is 11.0. The summed E-state index contributed by atoms with van der Waals surface area (Å²) in [6.45, 7) is 0. The van der Waals surface area contributed by atoms with Crippen LogP contribution in [0, 0.1) is 0 Å². The minimum atomic E-state index is 1.62. The number of rotatable bonds is 1. The molecule has 0 atom stereocenters. The van der Waals surface area contributed by atoms with Gasteiger partial charge in [-0.15, -0.1) is 0 Å². The Morgan fingerprint density at radius 3 is 1.00 bits per heavy atom. The molecule has 3 nitrogen and oxygen atoms in total. The summed E-state index contributed by atoms with van der Waals surface area (Å²) in [6, 6.07) is 0. The van der Waals surface area contributed by atoms with Crippen LogP contribution < -0.4 is 0 Å². The van der Waals surface area contributed by atoms with Crippen LogP contribution in [0.4, 0.5) is 0 Å². The van der Waals surface area contributed by atoms with Crippen LogP contribution >= 0.6 is 0 Å². The zero-order chi connectivity index (χ0) is 7.86. The number of hydroxylamine groups is 2. The van der Waals surface area contributed by atoms with Crippen LogP contribution in [0.3, 0.4) is 0 Å². The van der Waals surface area contributed by atoms with Crippen LogP contribution in [-0.2, 0) is 4.84 Å². The van der Waals surface area contributed by atoms with Crippen LogP contribution in [0.15, 0.2) is 0 Å². The van der Waals surface area contributed by atoms with Crippen molar-refractivity contribution in [2.24, 2.45) is 0 Å².